The van der Waals surface area contributed by atoms with E-state index in [0.717, 1.165) is 6.54 Å². The normalized spacial score (nSPS) is 11.2. The van der Waals surface area contributed by atoms with Gasteiger partial charge in [0, 0.05) is 12.6 Å². The summed E-state index contributed by atoms with van der Waals surface area (Å²) in [5.74, 6) is 0.712. The fourth-order valence-corrected chi connectivity index (χ4v) is 2.43. The van der Waals surface area contributed by atoms with Gasteiger partial charge in [0.15, 0.2) is 0 Å². The summed E-state index contributed by atoms with van der Waals surface area (Å²) < 4.78 is 31.3. The molecule has 1 aromatic carbocycles. The monoisotopic (exact) mass is 272 g/mol. The third kappa shape index (κ3) is 5.37. The van der Waals surface area contributed by atoms with E-state index >= 15 is 0 Å². The van der Waals surface area contributed by atoms with Gasteiger partial charge >= 0.3 is 0 Å². The summed E-state index contributed by atoms with van der Waals surface area (Å²) in [6.45, 7) is 5.57. The molecule has 0 aliphatic rings. The Morgan fingerprint density at radius 3 is 2.72 bits per heavy atom. The molecule has 0 saturated heterocycles. The van der Waals surface area contributed by atoms with Crippen molar-refractivity contribution in [3.8, 4) is 5.75 Å². The highest BCUT2D eigenvalue weighted by Gasteiger charge is 2.09. The molecule has 0 amide bonds. The molecule has 0 heterocycles. The Labute approximate surface area is 109 Å². The SMILES string of the molecule is CCNCCS(=O)(=O)Nc1cccc(OCC)c1. The van der Waals surface area contributed by atoms with Crippen LogP contribution in [0.5, 0.6) is 5.75 Å². The van der Waals surface area contributed by atoms with Crippen LogP contribution < -0.4 is 14.8 Å². The van der Waals surface area contributed by atoms with Gasteiger partial charge in [-0.2, -0.15) is 0 Å². The minimum absolute atomic E-state index is 0.0553. The minimum Gasteiger partial charge on any atom is -0.494 e. The van der Waals surface area contributed by atoms with Crippen LogP contribution in [0.15, 0.2) is 24.3 Å². The molecule has 5 nitrogen and oxygen atoms in total. The van der Waals surface area contributed by atoms with Gasteiger partial charge in [0.1, 0.15) is 5.75 Å². The van der Waals surface area contributed by atoms with E-state index in [-0.39, 0.29) is 5.75 Å². The maximum atomic E-state index is 11.8. The molecule has 0 aliphatic carbocycles. The summed E-state index contributed by atoms with van der Waals surface area (Å²) in [5.41, 5.74) is 0.525. The predicted molar refractivity (Wildman–Crippen MR) is 73.6 cm³/mol. The van der Waals surface area contributed by atoms with Gasteiger partial charge in [-0.15, -0.1) is 0 Å². The molecule has 1 rings (SSSR count). The van der Waals surface area contributed by atoms with Crippen molar-refractivity contribution in [1.29, 1.82) is 0 Å². The van der Waals surface area contributed by atoms with E-state index in [4.69, 9.17) is 4.74 Å². The smallest absolute Gasteiger partial charge is 0.233 e. The lowest BCUT2D eigenvalue weighted by Crippen LogP contribution is -2.26. The molecule has 6 heteroatoms. The third-order valence-corrected chi connectivity index (χ3v) is 3.50. The van der Waals surface area contributed by atoms with E-state index in [0.29, 0.717) is 24.6 Å². The Bertz CT molecular complexity index is 460. The molecule has 0 atom stereocenters. The summed E-state index contributed by atoms with van der Waals surface area (Å²) in [6.07, 6.45) is 0. The average Bonchev–Trinajstić information content (AvgIpc) is 2.29. The summed E-state index contributed by atoms with van der Waals surface area (Å²) in [6, 6.07) is 6.93. The number of nitrogens with one attached hydrogen (secondary N) is 2. The maximum absolute atomic E-state index is 11.8. The lowest BCUT2D eigenvalue weighted by Gasteiger charge is -2.09. The molecule has 0 aromatic heterocycles. The second-order valence-corrected chi connectivity index (χ2v) is 5.58. The molecule has 0 fully saturated rings. The largest absolute Gasteiger partial charge is 0.494 e. The van der Waals surface area contributed by atoms with E-state index < -0.39 is 10.0 Å². The highest BCUT2D eigenvalue weighted by atomic mass is 32.2. The summed E-state index contributed by atoms with van der Waals surface area (Å²) >= 11 is 0. The van der Waals surface area contributed by atoms with Gasteiger partial charge in [0.05, 0.1) is 18.0 Å². The van der Waals surface area contributed by atoms with E-state index in [9.17, 15) is 8.42 Å². The van der Waals surface area contributed by atoms with E-state index in [1.165, 1.54) is 0 Å². The van der Waals surface area contributed by atoms with Crippen molar-refractivity contribution in [3.05, 3.63) is 24.3 Å². The zero-order valence-electron chi connectivity index (χ0n) is 10.8. The number of anilines is 1. The fourth-order valence-electron chi connectivity index (χ4n) is 1.43. The topological polar surface area (TPSA) is 67.4 Å². The Kier molecular flexibility index (Phi) is 5.94. The molecule has 1 aromatic rings. The van der Waals surface area contributed by atoms with Gasteiger partial charge in [-0.05, 0) is 25.6 Å². The molecule has 18 heavy (non-hydrogen) atoms. The average molecular weight is 272 g/mol. The second-order valence-electron chi connectivity index (χ2n) is 3.74. The van der Waals surface area contributed by atoms with Gasteiger partial charge in [-0.25, -0.2) is 8.42 Å². The molecule has 0 aliphatic heterocycles. The second kappa shape index (κ2) is 7.23. The first-order valence-corrected chi connectivity index (χ1v) is 7.66. The maximum Gasteiger partial charge on any atom is 0.233 e. The van der Waals surface area contributed by atoms with E-state index in [1.807, 2.05) is 13.8 Å². The number of ether oxygens (including phenoxy) is 1. The van der Waals surface area contributed by atoms with Gasteiger partial charge in [0.25, 0.3) is 0 Å². The molecule has 0 spiro atoms. The summed E-state index contributed by atoms with van der Waals surface area (Å²) in [7, 11) is -3.31. The van der Waals surface area contributed by atoms with E-state index in [1.54, 1.807) is 24.3 Å². The molecule has 0 unspecified atom stereocenters. The van der Waals surface area contributed by atoms with Crippen molar-refractivity contribution in [2.24, 2.45) is 0 Å². The standard InChI is InChI=1S/C12H20N2O3S/c1-3-13-8-9-18(15,16)14-11-6-5-7-12(10-11)17-4-2/h5-7,10,13-14H,3-4,8-9H2,1-2H3. The first-order valence-electron chi connectivity index (χ1n) is 6.01. The van der Waals surface area contributed by atoms with Gasteiger partial charge in [0.2, 0.25) is 10.0 Å². The van der Waals surface area contributed by atoms with Crippen LogP contribution in [0.2, 0.25) is 0 Å². The first kappa shape index (κ1) is 14.8. The molecule has 0 radical (unpaired) electrons. The van der Waals surface area contributed by atoms with Crippen molar-refractivity contribution in [2.45, 2.75) is 13.8 Å². The summed E-state index contributed by atoms with van der Waals surface area (Å²) in [4.78, 5) is 0. The van der Waals surface area contributed by atoms with Crippen LogP contribution in [0.25, 0.3) is 0 Å². The van der Waals surface area contributed by atoms with Crippen molar-refractivity contribution >= 4 is 15.7 Å². The van der Waals surface area contributed by atoms with Crippen molar-refractivity contribution in [1.82, 2.24) is 5.32 Å². The molecular weight excluding hydrogens is 252 g/mol. The van der Waals surface area contributed by atoms with Crippen molar-refractivity contribution in [3.63, 3.8) is 0 Å². The zero-order chi connectivity index (χ0) is 13.4. The van der Waals surface area contributed by atoms with Crippen LogP contribution in [0.3, 0.4) is 0 Å². The van der Waals surface area contributed by atoms with Gasteiger partial charge in [-0.3, -0.25) is 4.72 Å². The number of sulfonamides is 1. The number of rotatable bonds is 8. The third-order valence-electron chi connectivity index (χ3n) is 2.22. The summed E-state index contributed by atoms with van der Waals surface area (Å²) in [5, 5.41) is 2.98. The van der Waals surface area contributed by atoms with Gasteiger partial charge in [-0.1, -0.05) is 13.0 Å². The first-order chi connectivity index (χ1) is 8.57. The predicted octanol–water partition coefficient (Wildman–Crippen LogP) is 1.44. The molecule has 0 bridgehead atoms. The van der Waals surface area contributed by atoms with Crippen LogP contribution in [0, 0.1) is 0 Å². The number of hydrogen-bond acceptors (Lipinski definition) is 4. The van der Waals surface area contributed by atoms with Crippen LogP contribution >= 0.6 is 0 Å². The lowest BCUT2D eigenvalue weighted by molar-refractivity contribution is 0.340. The molecule has 102 valence electrons. The zero-order valence-corrected chi connectivity index (χ0v) is 11.6. The molecule has 2 N–H and O–H groups in total. The molecular formula is C12H20N2O3S. The van der Waals surface area contributed by atoms with Crippen molar-refractivity contribution in [2.75, 3.05) is 30.2 Å². The van der Waals surface area contributed by atoms with Crippen LogP contribution in [-0.4, -0.2) is 33.9 Å². The van der Waals surface area contributed by atoms with Crippen LogP contribution in [0.1, 0.15) is 13.8 Å². The molecule has 0 saturated carbocycles. The number of hydrogen-bond donors (Lipinski definition) is 2. The Hall–Kier alpha value is -1.27. The van der Waals surface area contributed by atoms with Gasteiger partial charge < -0.3 is 10.1 Å². The minimum atomic E-state index is -3.31. The van der Waals surface area contributed by atoms with Crippen LogP contribution in [-0.2, 0) is 10.0 Å². The fraction of sp³-hybridized carbons (Fsp3) is 0.500. The highest BCUT2D eigenvalue weighted by Crippen LogP contribution is 2.18. The highest BCUT2D eigenvalue weighted by molar-refractivity contribution is 7.92. The Morgan fingerprint density at radius 1 is 1.28 bits per heavy atom. The lowest BCUT2D eigenvalue weighted by atomic mass is 10.3. The van der Waals surface area contributed by atoms with Crippen LogP contribution in [0.4, 0.5) is 5.69 Å². The Morgan fingerprint density at radius 2 is 2.06 bits per heavy atom. The quantitative estimate of drug-likeness (QED) is 0.703. The van der Waals surface area contributed by atoms with Crippen molar-refractivity contribution < 1.29 is 13.2 Å². The van der Waals surface area contributed by atoms with E-state index in [2.05, 4.69) is 10.0 Å². The Balaban J connectivity index is 2.62. The number of benzene rings is 1.